The van der Waals surface area contributed by atoms with Gasteiger partial charge in [-0.25, -0.2) is 0 Å². The highest BCUT2D eigenvalue weighted by Gasteiger charge is 2.26. The molecule has 11 aromatic carbocycles. The second-order valence-electron chi connectivity index (χ2n) is 33.6. The summed E-state index contributed by atoms with van der Waals surface area (Å²) >= 11 is 19.7. The van der Waals surface area contributed by atoms with Crippen molar-refractivity contribution < 1.29 is 42.7 Å². The van der Waals surface area contributed by atoms with Gasteiger partial charge in [-0.3, -0.25) is 53.7 Å². The van der Waals surface area contributed by atoms with E-state index < -0.39 is 5.26 Å². The first kappa shape index (κ1) is 98.9. The molecule has 1 fully saturated rings. The number of hydrogen-bond donors (Lipinski definition) is 12. The number of ketones is 1. The van der Waals surface area contributed by atoms with Gasteiger partial charge in [0.1, 0.15) is 0 Å². The van der Waals surface area contributed by atoms with Crippen molar-refractivity contribution in [1.29, 1.82) is 0 Å². The lowest BCUT2D eigenvalue weighted by Crippen LogP contribution is -2.46. The first-order valence-electron chi connectivity index (χ1n) is 44.6. The SMILES string of the molecule is C/C=C/C(=O)c1ccc(NC(=O)c2cc(NC(=O)CCCN(C)C)cc(-c3n[nH]c4cc(Nc5ccccc5Cl)ccc34)c2)cc1.C=CC(=O)N1CCC(NC(=O)c2cc(NC(=O)CCCN(C)C)cc(-c3n[nH]c4cc(Nc5ccccc5Cl)ccc34)c2)CC1.CN(C)CCCC(=O)Nc1cc(C(=O)Nc2ccc(-c3nsc(F)n3)cc2)cc(-c2n[nH]c3cc(Nc4ccccc4Cl)ccc23)c1. The van der Waals surface area contributed by atoms with Gasteiger partial charge in [-0.1, -0.05) is 83.9 Å². The fourth-order valence-corrected chi connectivity index (χ4v) is 16.4. The molecule has 1 aliphatic rings. The standard InChI is InChI=1S/C36H35ClN6O3.C34H30ClFN8O2S.C34H38ClN7O3/c1-4-8-33(44)23-12-14-26(15-13-23)40-36(46)25-19-24(20-28(21-25)39-34(45)11-7-18-43(2)3)35-29-17-16-27(22-32(29)41-42-35)38-31-10-6-5-9-30(31)37;1-44(2)15-5-8-30(45)38-25-17-21(31-26-14-13-24(19-29(26)41-42-31)37-28-7-4-3-6-27(28)35)16-22(18-25)33(46)39-23-11-9-20(10-12-23)32-40-34(36)47-43-32;1-4-32(44)42-16-13-24(14-17-42)38-34(45)23-18-22(19-26(20-23)37-31(43)10-7-15-41(2)3)33-27-12-11-25(21-30(27)39-40-33)36-29-9-6-5-8-28(29)35/h4-6,8-10,12-17,19-22,38H,7,11,18H2,1-3H3,(H,39,45)(H,40,46)(H,41,42);3-4,6-7,9-14,16-19,37H,5,8,15H2,1-2H3,(H,38,45)(H,39,46)(H,41,42);4-6,8-9,11-12,18-21,24,36H,1,7,10,13-17H2,2-3H3,(H,37,43)(H,38,45)(H,39,40)/b8-4+;;. The quantitative estimate of drug-likeness (QED) is 0.0132. The van der Waals surface area contributed by atoms with Crippen molar-refractivity contribution in [2.24, 2.45) is 0 Å². The van der Waals surface area contributed by atoms with Gasteiger partial charge >= 0.3 is 0 Å². The zero-order valence-corrected chi connectivity index (χ0v) is 79.9. The number of halogens is 4. The van der Waals surface area contributed by atoms with Gasteiger partial charge < -0.3 is 67.5 Å². The van der Waals surface area contributed by atoms with Crippen LogP contribution in [0.15, 0.2) is 255 Å². The zero-order chi connectivity index (χ0) is 97.5. The van der Waals surface area contributed by atoms with Gasteiger partial charge in [0.05, 0.1) is 65.8 Å². The number of nitrogens with one attached hydrogen (secondary N) is 12. The molecule has 1 aliphatic heterocycles. The number of piperidine rings is 1. The number of likely N-dealkylation sites (tertiary alicyclic amines) is 1. The molecule has 0 bridgehead atoms. The molecule has 1 saturated heterocycles. The van der Waals surface area contributed by atoms with E-state index in [0.717, 1.165) is 86.5 Å². The fraction of sp³-hybridized carbons (Fsp3) is 0.202. The highest BCUT2D eigenvalue weighted by molar-refractivity contribution is 7.03. The van der Waals surface area contributed by atoms with E-state index in [9.17, 15) is 42.7 Å². The van der Waals surface area contributed by atoms with Gasteiger partial charge in [0.2, 0.25) is 23.6 Å². The topological polar surface area (TPSA) is 370 Å². The van der Waals surface area contributed by atoms with Crippen LogP contribution in [-0.2, 0) is 19.2 Å². The number of rotatable bonds is 34. The van der Waals surface area contributed by atoms with Crippen LogP contribution < -0.4 is 47.9 Å². The minimum atomic E-state index is -0.614. The van der Waals surface area contributed by atoms with Crippen LogP contribution in [0.25, 0.3) is 77.9 Å². The van der Waals surface area contributed by atoms with Gasteiger partial charge in [0.25, 0.3) is 23.0 Å². The van der Waals surface area contributed by atoms with Crippen LogP contribution >= 0.6 is 46.3 Å². The molecule has 34 heteroatoms. The van der Waals surface area contributed by atoms with E-state index in [0.29, 0.717) is 181 Å². The van der Waals surface area contributed by atoms with Crippen LogP contribution in [0.3, 0.4) is 0 Å². The van der Waals surface area contributed by atoms with E-state index in [1.54, 1.807) is 109 Å². The molecule has 0 atom stereocenters. The Kier molecular flexibility index (Phi) is 33.6. The molecule has 0 unspecified atom stereocenters. The summed E-state index contributed by atoms with van der Waals surface area (Å²) < 4.78 is 17.3. The maximum absolute atomic E-state index is 13.5. The van der Waals surface area contributed by atoms with Crippen molar-refractivity contribution in [1.82, 2.24) is 64.9 Å². The first-order valence-corrected chi connectivity index (χ1v) is 46.5. The number of hydrogen-bond acceptors (Lipinski definition) is 20. The number of carbonyl (C=O) groups is 8. The van der Waals surface area contributed by atoms with Crippen LogP contribution in [0, 0.1) is 5.26 Å². The number of aromatic nitrogens is 8. The maximum Gasteiger partial charge on any atom is 0.288 e. The second kappa shape index (κ2) is 46.9. The number of H-pyrrole nitrogens is 3. The Morgan fingerprint density at radius 3 is 1.14 bits per heavy atom. The summed E-state index contributed by atoms with van der Waals surface area (Å²) in [7, 11) is 11.8. The highest BCUT2D eigenvalue weighted by atomic mass is 35.5. The van der Waals surface area contributed by atoms with Crippen molar-refractivity contribution in [3.63, 3.8) is 0 Å². The van der Waals surface area contributed by atoms with Crippen molar-refractivity contribution in [2.45, 2.75) is 64.3 Å². The van der Waals surface area contributed by atoms with Crippen LogP contribution in [0.4, 0.5) is 67.0 Å². The van der Waals surface area contributed by atoms with Gasteiger partial charge in [0.15, 0.2) is 11.6 Å². The molecule has 5 heterocycles. The molecule has 0 saturated carbocycles. The minimum Gasteiger partial charge on any atom is -0.354 e. The molecule has 29 nitrogen and oxygen atoms in total. The molecule has 16 rings (SSSR count). The summed E-state index contributed by atoms with van der Waals surface area (Å²) in [5.74, 6) is -1.36. The molecule has 0 spiro atoms. The smallest absolute Gasteiger partial charge is 0.288 e. The van der Waals surface area contributed by atoms with Crippen LogP contribution in [0.1, 0.15) is 99.7 Å². The average molecular weight is 1930 g/mol. The number of benzene rings is 11. The van der Waals surface area contributed by atoms with Crippen LogP contribution in [0.2, 0.25) is 15.1 Å². The molecule has 0 aliphatic carbocycles. The van der Waals surface area contributed by atoms with E-state index in [2.05, 4.69) is 94.4 Å². The monoisotopic (exact) mass is 1930 g/mol. The molecule has 7 amide bonds. The Bertz CT molecular complexity index is 6990. The summed E-state index contributed by atoms with van der Waals surface area (Å²) in [6.45, 7) is 8.80. The van der Waals surface area contributed by atoms with E-state index in [-0.39, 0.29) is 59.0 Å². The van der Waals surface area contributed by atoms with Crippen molar-refractivity contribution in [3.05, 3.63) is 298 Å². The third-order valence-corrected chi connectivity index (χ3v) is 23.8. The lowest BCUT2D eigenvalue weighted by atomic mass is 10.0. The molecule has 12 N–H and O–H groups in total. The number of anilines is 11. The van der Waals surface area contributed by atoms with E-state index in [4.69, 9.17) is 34.8 Å². The molecule has 4 aromatic heterocycles. The van der Waals surface area contributed by atoms with E-state index >= 15 is 0 Å². The average Bonchev–Trinajstić information content (AvgIpc) is 1.64. The second-order valence-corrected chi connectivity index (χ2v) is 35.6. The third-order valence-electron chi connectivity index (χ3n) is 22.3. The van der Waals surface area contributed by atoms with E-state index in [1.165, 1.54) is 12.2 Å². The first-order chi connectivity index (χ1) is 66.6. The summed E-state index contributed by atoms with van der Waals surface area (Å²) in [6, 6.07) is 69.1. The van der Waals surface area contributed by atoms with E-state index in [1.807, 2.05) is 197 Å². The zero-order valence-electron chi connectivity index (χ0n) is 76.9. The Hall–Kier alpha value is -15.1. The number of carbonyl (C=O) groups excluding carboxylic acids is 8. The normalized spacial score (nSPS) is 12.0. The lowest BCUT2D eigenvalue weighted by Gasteiger charge is -2.31. The maximum atomic E-state index is 13.5. The van der Waals surface area contributed by atoms with Gasteiger partial charge in [-0.05, 0) is 307 Å². The molecule has 15 aromatic rings. The molecule has 0 radical (unpaired) electrons. The number of amides is 7. The summed E-state index contributed by atoms with van der Waals surface area (Å²) in [4.78, 5) is 115. The minimum absolute atomic E-state index is 0.0747. The molecule has 706 valence electrons. The highest BCUT2D eigenvalue weighted by Crippen LogP contribution is 2.39. The van der Waals surface area contributed by atoms with Gasteiger partial charge in [0, 0.05) is 156 Å². The van der Waals surface area contributed by atoms with Gasteiger partial charge in [-0.2, -0.15) is 29.0 Å². The van der Waals surface area contributed by atoms with Crippen molar-refractivity contribution >= 4 is 189 Å². The fourth-order valence-electron chi connectivity index (χ4n) is 15.4. The third kappa shape index (κ3) is 27.0. The molecule has 138 heavy (non-hydrogen) atoms. The van der Waals surface area contributed by atoms with Crippen LogP contribution in [0.5, 0.6) is 0 Å². The Labute approximate surface area is 816 Å². The van der Waals surface area contributed by atoms with Crippen molar-refractivity contribution in [2.75, 3.05) is 118 Å². The number of fused-ring (bicyclic) bond motifs is 3. The number of nitrogens with zero attached hydrogens (tertiary/aromatic N) is 9. The summed E-state index contributed by atoms with van der Waals surface area (Å²) in [5.41, 5.74) is 15.8. The predicted molar refractivity (Wildman–Crippen MR) is 552 cm³/mol. The Balaban J connectivity index is 0.000000165. The summed E-state index contributed by atoms with van der Waals surface area (Å²) in [6.07, 6.45) is 8.93. The predicted octanol–water partition coefficient (Wildman–Crippen LogP) is 21.5. The Morgan fingerprint density at radius 2 is 0.797 bits per heavy atom. The lowest BCUT2D eigenvalue weighted by molar-refractivity contribution is -0.127. The number of allylic oxidation sites excluding steroid dienone is 2. The molecular formula is C104H103Cl3FN21O8S. The molecular weight excluding hydrogens is 1830 g/mol. The van der Waals surface area contributed by atoms with Crippen LogP contribution in [-0.4, -0.2) is 188 Å². The largest absolute Gasteiger partial charge is 0.354 e. The number of aromatic amines is 3. The summed E-state index contributed by atoms with van der Waals surface area (Å²) in [5, 5.41) is 54.6. The van der Waals surface area contributed by atoms with Gasteiger partial charge in [-0.15, -0.1) is 0 Å². The van der Waals surface area contributed by atoms with Crippen molar-refractivity contribution in [3.8, 4) is 45.2 Å². The number of para-hydroxylation sites is 3. The Morgan fingerprint density at radius 1 is 0.435 bits per heavy atom.